The zero-order chi connectivity index (χ0) is 24.2. The number of rotatable bonds is 5. The molecule has 180 valence electrons. The van der Waals surface area contributed by atoms with Crippen LogP contribution in [-0.2, 0) is 36.4 Å². The number of ether oxygens (including phenoxy) is 1. The Bertz CT molecular complexity index is 1410. The molecule has 3 aromatic rings. The lowest BCUT2D eigenvalue weighted by atomic mass is 9.94. The van der Waals surface area contributed by atoms with Crippen LogP contribution in [0, 0.1) is 5.92 Å². The van der Waals surface area contributed by atoms with E-state index in [-0.39, 0.29) is 23.2 Å². The fourth-order valence-corrected chi connectivity index (χ4v) is 9.34. The number of sulfone groups is 2. The van der Waals surface area contributed by atoms with Crippen LogP contribution in [0.3, 0.4) is 0 Å². The third kappa shape index (κ3) is 4.93. The quantitative estimate of drug-likeness (QED) is 0.433. The maximum Gasteiger partial charge on any atom is 0.217 e. The number of thiophene rings is 1. The number of halogens is 1. The lowest BCUT2D eigenvalue weighted by Crippen LogP contribution is -2.25. The van der Waals surface area contributed by atoms with Crippen molar-refractivity contribution in [2.45, 2.75) is 58.9 Å². The van der Waals surface area contributed by atoms with E-state index in [0.717, 1.165) is 61.5 Å². The van der Waals surface area contributed by atoms with E-state index in [2.05, 4.69) is 41.3 Å². The van der Waals surface area contributed by atoms with Gasteiger partial charge in [0.2, 0.25) is 9.84 Å². The van der Waals surface area contributed by atoms with E-state index in [4.69, 9.17) is 9.72 Å². The Labute approximate surface area is 207 Å². The van der Waals surface area contributed by atoms with Crippen LogP contribution < -0.4 is 0 Å². The van der Waals surface area contributed by atoms with E-state index in [9.17, 15) is 16.8 Å². The van der Waals surface area contributed by atoms with Crippen molar-refractivity contribution in [1.29, 1.82) is 0 Å². The molecule has 11 heteroatoms. The number of hydrogen-bond acceptors (Lipinski definition) is 7. The first-order chi connectivity index (χ1) is 15.3. The smallest absolute Gasteiger partial charge is 0.217 e. The highest BCUT2D eigenvalue weighted by molar-refractivity contribution is 9.10. The second kappa shape index (κ2) is 8.75. The van der Waals surface area contributed by atoms with Gasteiger partial charge in [-0.2, -0.15) is 0 Å². The minimum atomic E-state index is -3.93. The van der Waals surface area contributed by atoms with Crippen LogP contribution in [0.2, 0.25) is 0 Å². The topological polar surface area (TPSA) is 95.3 Å². The summed E-state index contributed by atoms with van der Waals surface area (Å²) < 4.78 is 58.5. The van der Waals surface area contributed by atoms with Crippen molar-refractivity contribution in [2.75, 3.05) is 19.5 Å². The molecule has 33 heavy (non-hydrogen) atoms. The van der Waals surface area contributed by atoms with Crippen LogP contribution in [0.15, 0.2) is 42.1 Å². The van der Waals surface area contributed by atoms with Gasteiger partial charge in [0.25, 0.3) is 0 Å². The van der Waals surface area contributed by atoms with Gasteiger partial charge in [-0.25, -0.2) is 21.8 Å². The average Bonchev–Trinajstić information content (AvgIpc) is 3.30. The highest BCUT2D eigenvalue weighted by atomic mass is 79.9. The highest BCUT2D eigenvalue weighted by Gasteiger charge is 2.29. The van der Waals surface area contributed by atoms with Gasteiger partial charge < -0.3 is 9.30 Å². The lowest BCUT2D eigenvalue weighted by Gasteiger charge is -2.26. The van der Waals surface area contributed by atoms with Gasteiger partial charge in [-0.3, -0.25) is 0 Å². The number of benzene rings is 1. The molecule has 0 bridgehead atoms. The van der Waals surface area contributed by atoms with Gasteiger partial charge in [0.15, 0.2) is 9.84 Å². The Morgan fingerprint density at radius 3 is 2.39 bits per heavy atom. The molecule has 0 unspecified atom stereocenters. The molecular weight excluding hydrogens is 548 g/mol. The molecule has 1 aliphatic heterocycles. The van der Waals surface area contributed by atoms with Crippen LogP contribution in [0.4, 0.5) is 0 Å². The predicted molar refractivity (Wildman–Crippen MR) is 133 cm³/mol. The molecule has 1 fully saturated rings. The molecule has 1 saturated heterocycles. The number of nitrogens with zero attached hydrogens (tertiary/aromatic N) is 2. The molecule has 4 rings (SSSR count). The molecule has 7 nitrogen and oxygen atoms in total. The van der Waals surface area contributed by atoms with E-state index in [1.165, 1.54) is 6.07 Å². The molecule has 3 heterocycles. The minimum Gasteiger partial charge on any atom is -0.381 e. The number of aromatic nitrogens is 2. The Hall–Kier alpha value is -1.27. The first-order valence-corrected chi connectivity index (χ1v) is 15.6. The minimum absolute atomic E-state index is 0.00443. The van der Waals surface area contributed by atoms with Crippen molar-refractivity contribution >= 4 is 58.0 Å². The Morgan fingerprint density at radius 1 is 1.15 bits per heavy atom. The summed E-state index contributed by atoms with van der Waals surface area (Å²) in [4.78, 5) is 4.94. The third-order valence-electron chi connectivity index (χ3n) is 5.72. The summed E-state index contributed by atoms with van der Waals surface area (Å²) in [5.41, 5.74) is 1.29. The summed E-state index contributed by atoms with van der Waals surface area (Å²) in [6, 6.07) is 6.32. The van der Waals surface area contributed by atoms with Gasteiger partial charge in [0, 0.05) is 35.9 Å². The summed E-state index contributed by atoms with van der Waals surface area (Å²) in [7, 11) is -7.44. The molecule has 0 N–H and O–H groups in total. The van der Waals surface area contributed by atoms with Gasteiger partial charge in [-0.15, -0.1) is 11.3 Å². The number of fused-ring (bicyclic) bond motifs is 1. The molecular formula is C22H27BrN2O5S3. The van der Waals surface area contributed by atoms with Crippen molar-refractivity contribution < 1.29 is 21.6 Å². The predicted octanol–water partition coefficient (Wildman–Crippen LogP) is 4.82. The molecule has 0 aliphatic carbocycles. The average molecular weight is 576 g/mol. The van der Waals surface area contributed by atoms with E-state index < -0.39 is 19.7 Å². The summed E-state index contributed by atoms with van der Waals surface area (Å²) in [6.07, 6.45) is 3.04. The monoisotopic (exact) mass is 574 g/mol. The molecule has 0 atom stereocenters. The van der Waals surface area contributed by atoms with Crippen molar-refractivity contribution in [3.63, 3.8) is 0 Å². The first kappa shape index (κ1) is 24.8. The Morgan fingerprint density at radius 2 is 1.82 bits per heavy atom. The van der Waals surface area contributed by atoms with Gasteiger partial charge >= 0.3 is 0 Å². The van der Waals surface area contributed by atoms with Crippen LogP contribution in [-0.4, -0.2) is 45.9 Å². The normalized spacial score (nSPS) is 16.5. The SMILES string of the molecule is CC(C)(C)c1nc2cc(S(=O)(=O)c3sc(S(C)(=O)=O)cc3Br)ccc2n1CC1CCOCC1. The molecule has 0 amide bonds. The maximum atomic E-state index is 13.4. The molecule has 2 aromatic heterocycles. The number of hydrogen-bond donors (Lipinski definition) is 0. The molecule has 0 saturated carbocycles. The van der Waals surface area contributed by atoms with Crippen LogP contribution in [0.5, 0.6) is 0 Å². The Kier molecular flexibility index (Phi) is 6.58. The van der Waals surface area contributed by atoms with Crippen molar-refractivity contribution in [1.82, 2.24) is 9.55 Å². The molecule has 1 aliphatic rings. The van der Waals surface area contributed by atoms with Crippen LogP contribution in [0.1, 0.15) is 39.4 Å². The number of imidazole rings is 1. The maximum absolute atomic E-state index is 13.4. The fourth-order valence-electron chi connectivity index (χ4n) is 4.03. The van der Waals surface area contributed by atoms with Gasteiger partial charge in [0.05, 0.1) is 15.9 Å². The zero-order valence-corrected chi connectivity index (χ0v) is 23.0. The standard InChI is InChI=1S/C22H27BrN2O5S3/c1-22(2,3)21-24-17-11-15(5-6-18(17)25(21)13-14-7-9-30-10-8-14)33(28,29)20-16(23)12-19(31-20)32(4,26)27/h5-6,11-12,14H,7-10,13H2,1-4H3. The largest absolute Gasteiger partial charge is 0.381 e. The second-order valence-corrected chi connectivity index (χ2v) is 15.8. The summed E-state index contributed by atoms with van der Waals surface area (Å²) in [5, 5.41) is 0. The van der Waals surface area contributed by atoms with E-state index in [1.807, 2.05) is 6.07 Å². The van der Waals surface area contributed by atoms with Crippen molar-refractivity contribution in [2.24, 2.45) is 5.92 Å². The fraction of sp³-hybridized carbons (Fsp3) is 0.500. The van der Waals surface area contributed by atoms with Gasteiger partial charge in [0.1, 0.15) is 14.2 Å². The zero-order valence-electron chi connectivity index (χ0n) is 19.0. The van der Waals surface area contributed by atoms with E-state index >= 15 is 0 Å². The Balaban J connectivity index is 1.80. The lowest BCUT2D eigenvalue weighted by molar-refractivity contribution is 0.0611. The van der Waals surface area contributed by atoms with E-state index in [1.54, 1.807) is 12.1 Å². The third-order valence-corrected chi connectivity index (χ3v) is 12.1. The molecule has 0 spiro atoms. The first-order valence-electron chi connectivity index (χ1n) is 10.6. The van der Waals surface area contributed by atoms with Gasteiger partial charge in [-0.1, -0.05) is 20.8 Å². The summed E-state index contributed by atoms with van der Waals surface area (Å²) in [6.45, 7) is 8.63. The van der Waals surface area contributed by atoms with Crippen molar-refractivity contribution in [3.8, 4) is 0 Å². The van der Waals surface area contributed by atoms with Gasteiger partial charge in [-0.05, 0) is 59.0 Å². The second-order valence-electron chi connectivity index (χ2n) is 9.48. The summed E-state index contributed by atoms with van der Waals surface area (Å²) >= 11 is 3.98. The van der Waals surface area contributed by atoms with Crippen molar-refractivity contribution in [3.05, 3.63) is 34.6 Å². The van der Waals surface area contributed by atoms with E-state index in [0.29, 0.717) is 11.4 Å². The van der Waals surface area contributed by atoms with Crippen LogP contribution in [0.25, 0.3) is 11.0 Å². The molecule has 0 radical (unpaired) electrons. The molecule has 1 aromatic carbocycles. The summed E-state index contributed by atoms with van der Waals surface area (Å²) in [5.74, 6) is 1.40. The highest BCUT2D eigenvalue weighted by Crippen LogP contribution is 2.38. The van der Waals surface area contributed by atoms with Crippen LogP contribution >= 0.6 is 27.3 Å².